The lowest BCUT2D eigenvalue weighted by atomic mass is 10.2. The van der Waals surface area contributed by atoms with Crippen LogP contribution in [0.25, 0.3) is 0 Å². The van der Waals surface area contributed by atoms with Gasteiger partial charge in [0, 0.05) is 6.92 Å². The highest BCUT2D eigenvalue weighted by atomic mass is 19.1. The average Bonchev–Trinajstić information content (AvgIpc) is 2.94. The van der Waals surface area contributed by atoms with Crippen LogP contribution in [-0.4, -0.2) is 50.7 Å². The molecule has 1 aromatic carbocycles. The van der Waals surface area contributed by atoms with Crippen LogP contribution in [0.4, 0.5) is 20.6 Å². The number of anilines is 2. The first-order chi connectivity index (χ1) is 11.5. The van der Waals surface area contributed by atoms with Gasteiger partial charge >= 0.3 is 6.09 Å². The van der Waals surface area contributed by atoms with E-state index in [9.17, 15) is 14.0 Å². The van der Waals surface area contributed by atoms with E-state index < -0.39 is 18.0 Å². The lowest BCUT2D eigenvalue weighted by Gasteiger charge is -2.23. The van der Waals surface area contributed by atoms with Crippen molar-refractivity contribution in [2.45, 2.75) is 13.0 Å². The number of ether oxygens (including phenoxy) is 1. The van der Waals surface area contributed by atoms with Gasteiger partial charge in [0.05, 0.1) is 31.0 Å². The number of carbonyl (C=O) groups excluding carboxylic acids is 2. The minimum absolute atomic E-state index is 0.202. The van der Waals surface area contributed by atoms with E-state index in [0.29, 0.717) is 24.5 Å². The molecule has 0 radical (unpaired) electrons. The van der Waals surface area contributed by atoms with Crippen LogP contribution in [0, 0.1) is 5.82 Å². The number of nitrogens with one attached hydrogen (secondary N) is 1. The van der Waals surface area contributed by atoms with Crippen molar-refractivity contribution in [1.29, 1.82) is 0 Å². The monoisotopic (exact) mass is 336 g/mol. The second-order valence-corrected chi connectivity index (χ2v) is 5.44. The van der Waals surface area contributed by atoms with Crippen LogP contribution in [-0.2, 0) is 14.4 Å². The SMILES string of the molecule is CC(=O)NC[C@H]1CN(c2ccc(N3C=NOCC3)c(F)c2)C(=O)O1. The Bertz CT molecular complexity index is 681. The van der Waals surface area contributed by atoms with E-state index >= 15 is 0 Å². The van der Waals surface area contributed by atoms with Gasteiger partial charge < -0.3 is 19.8 Å². The third-order valence-corrected chi connectivity index (χ3v) is 3.69. The second-order valence-electron chi connectivity index (χ2n) is 5.44. The number of rotatable bonds is 4. The summed E-state index contributed by atoms with van der Waals surface area (Å²) in [7, 11) is 0. The van der Waals surface area contributed by atoms with E-state index in [1.54, 1.807) is 17.0 Å². The van der Waals surface area contributed by atoms with Gasteiger partial charge in [-0.15, -0.1) is 0 Å². The average molecular weight is 336 g/mol. The fourth-order valence-corrected chi connectivity index (χ4v) is 2.52. The number of cyclic esters (lactones) is 1. The van der Waals surface area contributed by atoms with E-state index in [1.807, 2.05) is 0 Å². The first-order valence-corrected chi connectivity index (χ1v) is 7.49. The van der Waals surface area contributed by atoms with Crippen molar-refractivity contribution < 1.29 is 23.6 Å². The van der Waals surface area contributed by atoms with Gasteiger partial charge in [-0.3, -0.25) is 9.69 Å². The zero-order valence-corrected chi connectivity index (χ0v) is 13.1. The van der Waals surface area contributed by atoms with E-state index in [1.165, 1.54) is 24.2 Å². The summed E-state index contributed by atoms with van der Waals surface area (Å²) in [6, 6.07) is 4.50. The minimum atomic E-state index is -0.564. The van der Waals surface area contributed by atoms with Crippen molar-refractivity contribution in [1.82, 2.24) is 5.32 Å². The molecule has 0 aromatic heterocycles. The number of amides is 2. The number of oxime groups is 1. The predicted octanol–water partition coefficient (Wildman–Crippen LogP) is 1.07. The summed E-state index contributed by atoms with van der Waals surface area (Å²) in [6.45, 7) is 2.72. The van der Waals surface area contributed by atoms with Gasteiger partial charge in [0.1, 0.15) is 24.9 Å². The molecule has 2 amide bonds. The van der Waals surface area contributed by atoms with Crippen LogP contribution in [0.15, 0.2) is 23.4 Å². The molecule has 0 unspecified atom stereocenters. The Morgan fingerprint density at radius 2 is 2.33 bits per heavy atom. The van der Waals surface area contributed by atoms with Crippen molar-refractivity contribution in [3.8, 4) is 0 Å². The Morgan fingerprint density at radius 1 is 1.50 bits per heavy atom. The molecule has 2 aliphatic rings. The van der Waals surface area contributed by atoms with Crippen LogP contribution < -0.4 is 15.1 Å². The van der Waals surface area contributed by atoms with E-state index in [-0.39, 0.29) is 19.0 Å². The minimum Gasteiger partial charge on any atom is -0.442 e. The zero-order chi connectivity index (χ0) is 17.1. The summed E-state index contributed by atoms with van der Waals surface area (Å²) in [5.41, 5.74) is 0.755. The maximum Gasteiger partial charge on any atom is 0.414 e. The van der Waals surface area contributed by atoms with Crippen LogP contribution in [0.5, 0.6) is 0 Å². The molecule has 0 bridgehead atoms. The van der Waals surface area contributed by atoms with Crippen molar-refractivity contribution in [3.05, 3.63) is 24.0 Å². The van der Waals surface area contributed by atoms with Crippen LogP contribution in [0.1, 0.15) is 6.92 Å². The molecule has 1 N–H and O–H groups in total. The summed E-state index contributed by atoms with van der Waals surface area (Å²) < 4.78 is 19.6. The summed E-state index contributed by atoms with van der Waals surface area (Å²) in [5, 5.41) is 6.24. The number of benzene rings is 1. The molecule has 3 rings (SSSR count). The zero-order valence-electron chi connectivity index (χ0n) is 13.1. The highest BCUT2D eigenvalue weighted by Crippen LogP contribution is 2.27. The Balaban J connectivity index is 1.72. The van der Waals surface area contributed by atoms with Gasteiger partial charge in [-0.2, -0.15) is 0 Å². The molecule has 128 valence electrons. The lowest BCUT2D eigenvalue weighted by Crippen LogP contribution is -2.33. The predicted molar refractivity (Wildman–Crippen MR) is 84.5 cm³/mol. The van der Waals surface area contributed by atoms with E-state index in [4.69, 9.17) is 9.57 Å². The summed E-state index contributed by atoms with van der Waals surface area (Å²) >= 11 is 0. The molecule has 1 saturated heterocycles. The van der Waals surface area contributed by atoms with Crippen molar-refractivity contribution >= 4 is 29.7 Å². The summed E-state index contributed by atoms with van der Waals surface area (Å²) in [5.74, 6) is -0.675. The molecule has 1 fully saturated rings. The number of nitrogens with zero attached hydrogens (tertiary/aromatic N) is 3. The largest absolute Gasteiger partial charge is 0.442 e. The Labute approximate surface area is 137 Å². The smallest absolute Gasteiger partial charge is 0.414 e. The van der Waals surface area contributed by atoms with E-state index in [0.717, 1.165) is 0 Å². The van der Waals surface area contributed by atoms with Gasteiger partial charge in [-0.1, -0.05) is 5.16 Å². The summed E-state index contributed by atoms with van der Waals surface area (Å²) in [6.07, 6.45) is 0.385. The van der Waals surface area contributed by atoms with Crippen LogP contribution >= 0.6 is 0 Å². The quantitative estimate of drug-likeness (QED) is 0.889. The Kier molecular flexibility index (Phi) is 4.50. The molecule has 2 aliphatic heterocycles. The van der Waals surface area contributed by atoms with Gasteiger partial charge in [0.25, 0.3) is 0 Å². The highest BCUT2D eigenvalue weighted by Gasteiger charge is 2.32. The fraction of sp³-hybridized carbons (Fsp3) is 0.400. The first kappa shape index (κ1) is 16.0. The second kappa shape index (κ2) is 6.73. The maximum absolute atomic E-state index is 14.4. The molecule has 24 heavy (non-hydrogen) atoms. The molecular weight excluding hydrogens is 319 g/mol. The molecule has 0 aliphatic carbocycles. The Hall–Kier alpha value is -2.84. The molecule has 2 heterocycles. The standard InChI is InChI=1S/C15H17FN4O4/c1-10(21)17-7-12-8-20(15(22)24-12)11-2-3-14(13(16)6-11)19-4-5-23-18-9-19/h2-3,6,9,12H,4-5,7-8H2,1H3,(H,17,21)/t12-/m0/s1. The number of carbonyl (C=O) groups is 2. The third-order valence-electron chi connectivity index (χ3n) is 3.69. The molecule has 0 spiro atoms. The van der Waals surface area contributed by atoms with Crippen molar-refractivity contribution in [3.63, 3.8) is 0 Å². The molecule has 1 atom stereocenters. The molecule has 1 aromatic rings. The Morgan fingerprint density at radius 3 is 3.00 bits per heavy atom. The molecule has 0 saturated carbocycles. The first-order valence-electron chi connectivity index (χ1n) is 7.49. The van der Waals surface area contributed by atoms with Gasteiger partial charge in [-0.05, 0) is 18.2 Å². The fourth-order valence-electron chi connectivity index (χ4n) is 2.52. The number of halogens is 1. The van der Waals surface area contributed by atoms with Gasteiger partial charge in [0.15, 0.2) is 0 Å². The number of hydrogen-bond donors (Lipinski definition) is 1. The van der Waals surface area contributed by atoms with E-state index in [2.05, 4.69) is 10.5 Å². The lowest BCUT2D eigenvalue weighted by molar-refractivity contribution is -0.119. The summed E-state index contributed by atoms with van der Waals surface area (Å²) in [4.78, 5) is 30.7. The van der Waals surface area contributed by atoms with Gasteiger partial charge in [0.2, 0.25) is 5.91 Å². The molecular formula is C15H17FN4O4. The normalized spacial score (nSPS) is 19.9. The maximum atomic E-state index is 14.4. The third kappa shape index (κ3) is 3.39. The highest BCUT2D eigenvalue weighted by molar-refractivity contribution is 5.90. The van der Waals surface area contributed by atoms with Crippen LogP contribution in [0.2, 0.25) is 0 Å². The van der Waals surface area contributed by atoms with Gasteiger partial charge in [-0.25, -0.2) is 9.18 Å². The topological polar surface area (TPSA) is 83.5 Å². The molecule has 8 nitrogen and oxygen atoms in total. The van der Waals surface area contributed by atoms with Crippen LogP contribution in [0.3, 0.4) is 0 Å². The van der Waals surface area contributed by atoms with Crippen molar-refractivity contribution in [2.24, 2.45) is 5.16 Å². The van der Waals surface area contributed by atoms with Crippen molar-refractivity contribution in [2.75, 3.05) is 36.0 Å². The number of hydrogen-bond acceptors (Lipinski definition) is 6. The molecule has 9 heteroatoms.